The molecule has 2 aromatic rings. The van der Waals surface area contributed by atoms with Gasteiger partial charge in [-0.05, 0) is 37.9 Å². The summed E-state index contributed by atoms with van der Waals surface area (Å²) in [7, 11) is 0. The first-order valence-electron chi connectivity index (χ1n) is 8.84. The van der Waals surface area contributed by atoms with E-state index in [9.17, 15) is 4.79 Å². The van der Waals surface area contributed by atoms with Crippen LogP contribution in [0.5, 0.6) is 0 Å². The molecule has 6 nitrogen and oxygen atoms in total. The normalized spacial score (nSPS) is 17.1. The molecule has 1 atom stereocenters. The van der Waals surface area contributed by atoms with Crippen LogP contribution in [-0.4, -0.2) is 35.5 Å². The Balaban J connectivity index is 1.48. The highest BCUT2D eigenvalue weighted by Crippen LogP contribution is 2.22. The number of benzene rings is 1. The molecule has 6 heteroatoms. The van der Waals surface area contributed by atoms with Crippen LogP contribution in [0, 0.1) is 6.92 Å². The molecule has 3 rings (SSSR count). The quantitative estimate of drug-likeness (QED) is 0.754. The van der Waals surface area contributed by atoms with Gasteiger partial charge in [-0.3, -0.25) is 4.79 Å². The molecular formula is C19H25N5O. The summed E-state index contributed by atoms with van der Waals surface area (Å²) in [5.74, 6) is 1.22. The predicted octanol–water partition coefficient (Wildman–Crippen LogP) is 2.69. The Labute approximate surface area is 148 Å². The van der Waals surface area contributed by atoms with Crippen molar-refractivity contribution < 1.29 is 4.79 Å². The van der Waals surface area contributed by atoms with Crippen LogP contribution in [0.15, 0.2) is 36.7 Å². The Morgan fingerprint density at radius 1 is 1.32 bits per heavy atom. The highest BCUT2D eigenvalue weighted by Gasteiger charge is 2.16. The molecule has 2 heterocycles. The monoisotopic (exact) mass is 339 g/mol. The number of piperidine rings is 1. The van der Waals surface area contributed by atoms with Crippen molar-refractivity contribution in [3.8, 4) is 0 Å². The fraction of sp³-hybridized carbons (Fsp3) is 0.421. The number of aryl methyl sites for hydroxylation is 1. The number of rotatable bonds is 6. The van der Waals surface area contributed by atoms with Crippen molar-refractivity contribution in [2.45, 2.75) is 32.1 Å². The van der Waals surface area contributed by atoms with Crippen LogP contribution < -0.4 is 16.0 Å². The number of anilines is 2. The van der Waals surface area contributed by atoms with E-state index in [4.69, 9.17) is 0 Å². The van der Waals surface area contributed by atoms with Gasteiger partial charge in [0.05, 0.1) is 5.69 Å². The van der Waals surface area contributed by atoms with Crippen LogP contribution in [0.2, 0.25) is 0 Å². The van der Waals surface area contributed by atoms with Crippen molar-refractivity contribution in [3.05, 3.63) is 47.9 Å². The maximum absolute atomic E-state index is 12.1. The molecule has 1 fully saturated rings. The summed E-state index contributed by atoms with van der Waals surface area (Å²) < 4.78 is 0. The lowest BCUT2D eigenvalue weighted by atomic mass is 9.96. The van der Waals surface area contributed by atoms with Crippen molar-refractivity contribution in [1.82, 2.24) is 15.3 Å². The van der Waals surface area contributed by atoms with Crippen LogP contribution in [-0.2, 0) is 4.79 Å². The maximum atomic E-state index is 12.1. The van der Waals surface area contributed by atoms with E-state index in [2.05, 4.69) is 25.9 Å². The van der Waals surface area contributed by atoms with Gasteiger partial charge in [-0.15, -0.1) is 0 Å². The Bertz CT molecular complexity index is 712. The van der Waals surface area contributed by atoms with E-state index in [-0.39, 0.29) is 5.91 Å². The van der Waals surface area contributed by atoms with Crippen LogP contribution in [0.4, 0.5) is 11.5 Å². The molecule has 0 saturated carbocycles. The van der Waals surface area contributed by atoms with Crippen LogP contribution in [0.25, 0.3) is 0 Å². The number of carbonyl (C=O) groups is 1. The van der Waals surface area contributed by atoms with Gasteiger partial charge in [-0.1, -0.05) is 18.2 Å². The number of hydrogen-bond donors (Lipinski definition) is 3. The third-order valence-electron chi connectivity index (χ3n) is 4.48. The average molecular weight is 339 g/mol. The zero-order chi connectivity index (χ0) is 17.5. The van der Waals surface area contributed by atoms with E-state index >= 15 is 0 Å². The molecule has 0 radical (unpaired) electrons. The van der Waals surface area contributed by atoms with Gasteiger partial charge in [0.1, 0.15) is 12.1 Å². The minimum absolute atomic E-state index is 0.00689. The summed E-state index contributed by atoms with van der Waals surface area (Å²) in [4.78, 5) is 20.7. The lowest BCUT2D eigenvalue weighted by Crippen LogP contribution is -2.28. The summed E-state index contributed by atoms with van der Waals surface area (Å²) in [5, 5.41) is 9.57. The smallest absolute Gasteiger partial charge is 0.226 e. The zero-order valence-corrected chi connectivity index (χ0v) is 14.6. The molecule has 1 saturated heterocycles. The largest absolute Gasteiger partial charge is 0.369 e. The standard InChI is InChI=1S/C19H25N5O/c1-14-5-2-3-7-16(14)24-19(25)8-10-21-18-11-17(22-13-23-18)15-6-4-9-20-12-15/h2-3,5,7,11,13,15,20H,4,6,8-10,12H2,1H3,(H,24,25)(H,21,22,23). The van der Waals surface area contributed by atoms with Crippen LogP contribution >= 0.6 is 0 Å². The van der Waals surface area contributed by atoms with Crippen LogP contribution in [0.1, 0.15) is 36.4 Å². The first kappa shape index (κ1) is 17.4. The van der Waals surface area contributed by atoms with E-state index in [0.717, 1.165) is 42.3 Å². The third-order valence-corrected chi connectivity index (χ3v) is 4.48. The molecule has 1 aliphatic heterocycles. The van der Waals surface area contributed by atoms with E-state index in [0.29, 0.717) is 18.9 Å². The van der Waals surface area contributed by atoms with Gasteiger partial charge in [-0.25, -0.2) is 9.97 Å². The van der Waals surface area contributed by atoms with E-state index in [1.807, 2.05) is 37.3 Å². The summed E-state index contributed by atoms with van der Waals surface area (Å²) in [6, 6.07) is 9.77. The summed E-state index contributed by atoms with van der Waals surface area (Å²) in [6.07, 6.45) is 4.32. The highest BCUT2D eigenvalue weighted by atomic mass is 16.1. The Morgan fingerprint density at radius 2 is 2.20 bits per heavy atom. The van der Waals surface area contributed by atoms with Crippen molar-refractivity contribution in [2.24, 2.45) is 0 Å². The van der Waals surface area contributed by atoms with E-state index in [1.165, 1.54) is 6.42 Å². The lowest BCUT2D eigenvalue weighted by molar-refractivity contribution is -0.115. The molecule has 0 spiro atoms. The second-order valence-corrected chi connectivity index (χ2v) is 6.41. The SMILES string of the molecule is Cc1ccccc1NC(=O)CCNc1cc(C2CCCNC2)ncn1. The van der Waals surface area contributed by atoms with Gasteiger partial charge in [0.15, 0.2) is 0 Å². The molecule has 1 unspecified atom stereocenters. The molecule has 1 aliphatic rings. The maximum Gasteiger partial charge on any atom is 0.226 e. The van der Waals surface area contributed by atoms with Gasteiger partial charge in [-0.2, -0.15) is 0 Å². The first-order chi connectivity index (χ1) is 12.2. The highest BCUT2D eigenvalue weighted by molar-refractivity contribution is 5.91. The number of para-hydroxylation sites is 1. The minimum Gasteiger partial charge on any atom is -0.369 e. The number of nitrogens with one attached hydrogen (secondary N) is 3. The summed E-state index contributed by atoms with van der Waals surface area (Å²) in [5.41, 5.74) is 2.99. The van der Waals surface area contributed by atoms with Crippen molar-refractivity contribution in [2.75, 3.05) is 30.3 Å². The second-order valence-electron chi connectivity index (χ2n) is 6.41. The fourth-order valence-electron chi connectivity index (χ4n) is 3.03. The molecule has 25 heavy (non-hydrogen) atoms. The summed E-state index contributed by atoms with van der Waals surface area (Å²) >= 11 is 0. The van der Waals surface area contributed by atoms with E-state index in [1.54, 1.807) is 6.33 Å². The molecule has 1 amide bonds. The van der Waals surface area contributed by atoms with Gasteiger partial charge < -0.3 is 16.0 Å². The Kier molecular flexibility index (Phi) is 5.95. The Hall–Kier alpha value is -2.47. The third kappa shape index (κ3) is 5.00. The van der Waals surface area contributed by atoms with Gasteiger partial charge >= 0.3 is 0 Å². The fourth-order valence-corrected chi connectivity index (χ4v) is 3.03. The lowest BCUT2D eigenvalue weighted by Gasteiger charge is -2.22. The number of carbonyl (C=O) groups excluding carboxylic acids is 1. The number of aromatic nitrogens is 2. The van der Waals surface area contributed by atoms with E-state index < -0.39 is 0 Å². The number of amides is 1. The predicted molar refractivity (Wildman–Crippen MR) is 99.8 cm³/mol. The molecule has 1 aromatic heterocycles. The van der Waals surface area contributed by atoms with Crippen LogP contribution in [0.3, 0.4) is 0 Å². The second kappa shape index (κ2) is 8.58. The molecule has 1 aromatic carbocycles. The Morgan fingerprint density at radius 3 is 3.00 bits per heavy atom. The minimum atomic E-state index is -0.00689. The zero-order valence-electron chi connectivity index (χ0n) is 14.6. The van der Waals surface area contributed by atoms with Gasteiger partial charge in [0.2, 0.25) is 5.91 Å². The van der Waals surface area contributed by atoms with Crippen molar-refractivity contribution in [3.63, 3.8) is 0 Å². The topological polar surface area (TPSA) is 78.9 Å². The molecule has 0 aliphatic carbocycles. The summed E-state index contributed by atoms with van der Waals surface area (Å²) in [6.45, 7) is 4.57. The molecular weight excluding hydrogens is 314 g/mol. The van der Waals surface area contributed by atoms with Gasteiger partial charge in [0.25, 0.3) is 0 Å². The van der Waals surface area contributed by atoms with Crippen molar-refractivity contribution >= 4 is 17.4 Å². The molecule has 3 N–H and O–H groups in total. The molecule has 0 bridgehead atoms. The van der Waals surface area contributed by atoms with Gasteiger partial charge in [0, 0.05) is 37.2 Å². The average Bonchev–Trinajstić information content (AvgIpc) is 2.65. The number of hydrogen-bond acceptors (Lipinski definition) is 5. The molecule has 132 valence electrons. The first-order valence-corrected chi connectivity index (χ1v) is 8.84. The number of nitrogens with zero attached hydrogens (tertiary/aromatic N) is 2. The van der Waals surface area contributed by atoms with Crippen molar-refractivity contribution in [1.29, 1.82) is 0 Å².